The Morgan fingerprint density at radius 3 is 2.64 bits per heavy atom. The minimum Gasteiger partial charge on any atom is -0.312 e. The first-order chi connectivity index (χ1) is 12.1. The number of carbonyl (C=O) groups is 2. The number of nitrogens with one attached hydrogen (secondary N) is 2. The molecule has 1 aliphatic carbocycles. The van der Waals surface area contributed by atoms with Crippen molar-refractivity contribution in [1.29, 1.82) is 0 Å². The van der Waals surface area contributed by atoms with Crippen molar-refractivity contribution in [3.8, 4) is 0 Å². The summed E-state index contributed by atoms with van der Waals surface area (Å²) in [6.07, 6.45) is 2.84. The van der Waals surface area contributed by atoms with Crippen LogP contribution in [-0.2, 0) is 11.2 Å². The molecule has 2 N–H and O–H groups in total. The van der Waals surface area contributed by atoms with Crippen molar-refractivity contribution in [1.82, 2.24) is 0 Å². The van der Waals surface area contributed by atoms with Crippen LogP contribution in [0, 0.1) is 5.92 Å². The summed E-state index contributed by atoms with van der Waals surface area (Å²) in [6, 6.07) is 12.4. The van der Waals surface area contributed by atoms with Crippen LogP contribution in [0.15, 0.2) is 42.5 Å². The van der Waals surface area contributed by atoms with Crippen molar-refractivity contribution in [3.05, 3.63) is 53.1 Å². The van der Waals surface area contributed by atoms with Crippen LogP contribution in [0.4, 0.5) is 21.9 Å². The van der Waals surface area contributed by atoms with Crippen LogP contribution in [0.3, 0.4) is 0 Å². The minimum absolute atomic E-state index is 0.186. The Labute approximate surface area is 151 Å². The maximum Gasteiger partial charge on any atom is 0.323 e. The van der Waals surface area contributed by atoms with Crippen molar-refractivity contribution in [3.63, 3.8) is 0 Å². The SMILES string of the molecule is O=C(Nc1ccc2c(c1)N(C(=O)C1CC1)CC2)Nc1ccccc1Cl. The molecule has 0 aromatic heterocycles. The fourth-order valence-corrected chi connectivity index (χ4v) is 3.27. The number of halogens is 1. The van der Waals surface area contributed by atoms with Gasteiger partial charge in [-0.3, -0.25) is 4.79 Å². The molecule has 0 spiro atoms. The second-order valence-corrected chi connectivity index (χ2v) is 6.82. The molecule has 2 aromatic rings. The van der Waals surface area contributed by atoms with Crippen molar-refractivity contribution in [2.45, 2.75) is 19.3 Å². The fraction of sp³-hybridized carbons (Fsp3) is 0.263. The van der Waals surface area contributed by atoms with Gasteiger partial charge in [-0.25, -0.2) is 4.79 Å². The molecule has 25 heavy (non-hydrogen) atoms. The van der Waals surface area contributed by atoms with E-state index in [1.54, 1.807) is 24.3 Å². The number of rotatable bonds is 3. The monoisotopic (exact) mass is 355 g/mol. The quantitative estimate of drug-likeness (QED) is 0.863. The standard InChI is InChI=1S/C19H18ClN3O2/c20-15-3-1-2-4-16(15)22-19(25)21-14-8-7-12-9-10-23(17(12)11-14)18(24)13-5-6-13/h1-4,7-8,11,13H,5-6,9-10H2,(H2,21,22,25). The number of carbonyl (C=O) groups excluding carboxylic acids is 2. The number of anilines is 3. The predicted octanol–water partition coefficient (Wildman–Crippen LogP) is 4.28. The fourth-order valence-electron chi connectivity index (χ4n) is 3.08. The molecular formula is C19H18ClN3O2. The minimum atomic E-state index is -0.369. The summed E-state index contributed by atoms with van der Waals surface area (Å²) in [5, 5.41) is 6.01. The van der Waals surface area contributed by atoms with E-state index in [4.69, 9.17) is 11.6 Å². The van der Waals surface area contributed by atoms with Crippen LogP contribution < -0.4 is 15.5 Å². The topological polar surface area (TPSA) is 61.4 Å². The van der Waals surface area contributed by atoms with E-state index in [2.05, 4.69) is 10.6 Å². The van der Waals surface area contributed by atoms with Gasteiger partial charge in [0.1, 0.15) is 0 Å². The van der Waals surface area contributed by atoms with Gasteiger partial charge in [0, 0.05) is 23.8 Å². The summed E-state index contributed by atoms with van der Waals surface area (Å²) < 4.78 is 0. The van der Waals surface area contributed by atoms with Crippen LogP contribution in [0.2, 0.25) is 5.02 Å². The van der Waals surface area contributed by atoms with E-state index in [0.717, 1.165) is 37.1 Å². The summed E-state index contributed by atoms with van der Waals surface area (Å²) >= 11 is 6.05. The highest BCUT2D eigenvalue weighted by Crippen LogP contribution is 2.37. The van der Waals surface area contributed by atoms with Gasteiger partial charge in [-0.1, -0.05) is 29.8 Å². The lowest BCUT2D eigenvalue weighted by Crippen LogP contribution is -2.30. The van der Waals surface area contributed by atoms with Crippen LogP contribution in [0.25, 0.3) is 0 Å². The van der Waals surface area contributed by atoms with Gasteiger partial charge in [0.25, 0.3) is 0 Å². The van der Waals surface area contributed by atoms with Crippen LogP contribution >= 0.6 is 11.6 Å². The zero-order chi connectivity index (χ0) is 17.4. The molecule has 0 saturated heterocycles. The number of urea groups is 1. The largest absolute Gasteiger partial charge is 0.323 e. The molecule has 0 radical (unpaired) electrons. The summed E-state index contributed by atoms with van der Waals surface area (Å²) in [6.45, 7) is 0.722. The molecule has 1 aliphatic heterocycles. The Hall–Kier alpha value is -2.53. The summed E-state index contributed by atoms with van der Waals surface area (Å²) in [5.41, 5.74) is 3.26. The lowest BCUT2D eigenvalue weighted by atomic mass is 10.1. The molecular weight excluding hydrogens is 338 g/mol. The van der Waals surface area contributed by atoms with Gasteiger partial charge in [-0.2, -0.15) is 0 Å². The van der Waals surface area contributed by atoms with Crippen molar-refractivity contribution >= 4 is 40.6 Å². The van der Waals surface area contributed by atoms with Gasteiger partial charge in [0.05, 0.1) is 10.7 Å². The molecule has 2 aromatic carbocycles. The predicted molar refractivity (Wildman–Crippen MR) is 99.3 cm³/mol. The number of benzene rings is 2. The Kier molecular flexibility index (Phi) is 4.09. The number of para-hydroxylation sites is 1. The first kappa shape index (κ1) is 16.0. The number of hydrogen-bond donors (Lipinski definition) is 2. The number of nitrogens with zero attached hydrogens (tertiary/aromatic N) is 1. The molecule has 5 nitrogen and oxygen atoms in total. The zero-order valence-corrected chi connectivity index (χ0v) is 14.3. The third-order valence-corrected chi connectivity index (χ3v) is 4.88. The zero-order valence-electron chi connectivity index (χ0n) is 13.6. The number of amides is 3. The third-order valence-electron chi connectivity index (χ3n) is 4.55. The van der Waals surface area contributed by atoms with Crippen molar-refractivity contribution in [2.24, 2.45) is 5.92 Å². The molecule has 128 valence electrons. The lowest BCUT2D eigenvalue weighted by molar-refractivity contribution is -0.119. The Bertz CT molecular complexity index is 848. The average Bonchev–Trinajstić information content (AvgIpc) is 3.36. The van der Waals surface area contributed by atoms with Gasteiger partial charge in [0.15, 0.2) is 0 Å². The molecule has 0 unspecified atom stereocenters. The summed E-state index contributed by atoms with van der Waals surface area (Å²) in [4.78, 5) is 26.5. The van der Waals surface area contributed by atoms with E-state index in [-0.39, 0.29) is 17.9 Å². The molecule has 2 aliphatic rings. The molecule has 0 bridgehead atoms. The summed E-state index contributed by atoms with van der Waals surface area (Å²) in [7, 11) is 0. The first-order valence-electron chi connectivity index (χ1n) is 8.38. The average molecular weight is 356 g/mol. The van der Waals surface area contributed by atoms with Gasteiger partial charge < -0.3 is 15.5 Å². The highest BCUT2D eigenvalue weighted by molar-refractivity contribution is 6.33. The van der Waals surface area contributed by atoms with Crippen LogP contribution in [0.5, 0.6) is 0 Å². The molecule has 3 amide bonds. The third kappa shape index (κ3) is 3.33. The van der Waals surface area contributed by atoms with E-state index in [1.807, 2.05) is 23.1 Å². The Morgan fingerprint density at radius 2 is 1.88 bits per heavy atom. The summed E-state index contributed by atoms with van der Waals surface area (Å²) in [5.74, 6) is 0.391. The van der Waals surface area contributed by atoms with Crippen molar-refractivity contribution < 1.29 is 9.59 Å². The Balaban J connectivity index is 1.48. The van der Waals surface area contributed by atoms with Gasteiger partial charge in [-0.05, 0) is 49.1 Å². The molecule has 1 saturated carbocycles. The van der Waals surface area contributed by atoms with Crippen LogP contribution in [0.1, 0.15) is 18.4 Å². The molecule has 6 heteroatoms. The molecule has 1 fully saturated rings. The number of fused-ring (bicyclic) bond motifs is 1. The molecule has 0 atom stereocenters. The van der Waals surface area contributed by atoms with E-state index in [0.29, 0.717) is 16.4 Å². The van der Waals surface area contributed by atoms with E-state index in [1.165, 1.54) is 0 Å². The second kappa shape index (κ2) is 6.41. The lowest BCUT2D eigenvalue weighted by Gasteiger charge is -2.18. The second-order valence-electron chi connectivity index (χ2n) is 6.42. The smallest absolute Gasteiger partial charge is 0.312 e. The first-order valence-corrected chi connectivity index (χ1v) is 8.76. The maximum atomic E-state index is 12.4. The number of hydrogen-bond acceptors (Lipinski definition) is 2. The van der Waals surface area contributed by atoms with Crippen molar-refractivity contribution in [2.75, 3.05) is 22.1 Å². The van der Waals surface area contributed by atoms with E-state index in [9.17, 15) is 9.59 Å². The van der Waals surface area contributed by atoms with E-state index < -0.39 is 0 Å². The maximum absolute atomic E-state index is 12.4. The van der Waals surface area contributed by atoms with Gasteiger partial charge in [0.2, 0.25) is 5.91 Å². The van der Waals surface area contributed by atoms with Crippen LogP contribution in [-0.4, -0.2) is 18.5 Å². The Morgan fingerprint density at radius 1 is 1.08 bits per heavy atom. The highest BCUT2D eigenvalue weighted by atomic mass is 35.5. The van der Waals surface area contributed by atoms with Gasteiger partial charge in [-0.15, -0.1) is 0 Å². The highest BCUT2D eigenvalue weighted by Gasteiger charge is 2.36. The normalized spacial score (nSPS) is 15.6. The molecule has 1 heterocycles. The molecule has 4 rings (SSSR count). The van der Waals surface area contributed by atoms with Gasteiger partial charge >= 0.3 is 6.03 Å². The van der Waals surface area contributed by atoms with E-state index >= 15 is 0 Å².